The molecule has 148 valence electrons. The molecule has 28 heavy (non-hydrogen) atoms. The third kappa shape index (κ3) is 3.37. The number of carbonyl (C=O) groups is 1. The smallest absolute Gasteiger partial charge is 0.299 e. The van der Waals surface area contributed by atoms with Gasteiger partial charge in [0.15, 0.2) is 11.5 Å². The normalized spacial score (nSPS) is 17.4. The Hall–Kier alpha value is -2.47. The first-order chi connectivity index (χ1) is 13.5. The van der Waals surface area contributed by atoms with Gasteiger partial charge >= 0.3 is 0 Å². The van der Waals surface area contributed by atoms with Crippen LogP contribution in [-0.4, -0.2) is 41.1 Å². The summed E-state index contributed by atoms with van der Waals surface area (Å²) in [6.45, 7) is 5.11. The van der Waals surface area contributed by atoms with Gasteiger partial charge in [-0.15, -0.1) is 0 Å². The summed E-state index contributed by atoms with van der Waals surface area (Å²) in [6.07, 6.45) is 4.90. The summed E-state index contributed by atoms with van der Waals surface area (Å²) in [4.78, 5) is 21.1. The van der Waals surface area contributed by atoms with Crippen LogP contribution in [0.4, 0.5) is 5.82 Å². The molecule has 0 saturated heterocycles. The number of rotatable bonds is 5. The Morgan fingerprint density at radius 1 is 1.18 bits per heavy atom. The number of imidazole rings is 1. The molecule has 1 saturated carbocycles. The van der Waals surface area contributed by atoms with Crippen molar-refractivity contribution in [1.82, 2.24) is 14.5 Å². The van der Waals surface area contributed by atoms with Crippen molar-refractivity contribution in [3.8, 4) is 6.01 Å². The first-order valence-electron chi connectivity index (χ1n) is 9.64. The van der Waals surface area contributed by atoms with Crippen molar-refractivity contribution in [3.05, 3.63) is 52.9 Å². The minimum Gasteiger partial charge on any atom is -0.464 e. The van der Waals surface area contributed by atoms with Crippen molar-refractivity contribution < 1.29 is 9.53 Å². The lowest BCUT2D eigenvalue weighted by Gasteiger charge is -2.32. The van der Waals surface area contributed by atoms with Gasteiger partial charge in [-0.05, 0) is 36.5 Å². The van der Waals surface area contributed by atoms with Crippen molar-refractivity contribution in [2.45, 2.75) is 32.2 Å². The third-order valence-corrected chi connectivity index (χ3v) is 5.94. The molecule has 0 bridgehead atoms. The maximum Gasteiger partial charge on any atom is 0.299 e. The van der Waals surface area contributed by atoms with Crippen LogP contribution in [0.15, 0.2) is 36.7 Å². The van der Waals surface area contributed by atoms with Gasteiger partial charge in [0, 0.05) is 19.1 Å². The minimum absolute atomic E-state index is 0.129. The van der Waals surface area contributed by atoms with Gasteiger partial charge in [-0.2, -0.15) is 4.98 Å². The largest absolute Gasteiger partial charge is 0.464 e. The first kappa shape index (κ1) is 18.9. The van der Waals surface area contributed by atoms with Gasteiger partial charge in [-0.1, -0.05) is 43.2 Å². The summed E-state index contributed by atoms with van der Waals surface area (Å²) in [5, 5.41) is 0.681. The molecule has 7 heteroatoms. The highest BCUT2D eigenvalue weighted by Gasteiger charge is 2.35. The summed E-state index contributed by atoms with van der Waals surface area (Å²) in [5.41, 5.74) is 1.55. The Morgan fingerprint density at radius 3 is 2.54 bits per heavy atom. The molecule has 1 amide bonds. The number of nitrogens with zero attached hydrogens (tertiary/aromatic N) is 4. The van der Waals surface area contributed by atoms with Crippen LogP contribution in [0.5, 0.6) is 6.01 Å². The van der Waals surface area contributed by atoms with E-state index in [4.69, 9.17) is 16.3 Å². The van der Waals surface area contributed by atoms with Crippen LogP contribution in [0, 0.1) is 5.92 Å². The number of amides is 1. The second-order valence-corrected chi connectivity index (χ2v) is 8.02. The molecule has 1 aromatic carbocycles. The Kier molecular flexibility index (Phi) is 5.06. The number of hydrogen-bond acceptors (Lipinski definition) is 4. The van der Waals surface area contributed by atoms with Gasteiger partial charge in [0.25, 0.3) is 11.9 Å². The third-order valence-electron chi connectivity index (χ3n) is 5.69. The lowest BCUT2D eigenvalue weighted by atomic mass is 10.1. The number of carbonyl (C=O) groups excluding carboxylic acids is 1. The van der Waals surface area contributed by atoms with Crippen molar-refractivity contribution in [3.63, 3.8) is 0 Å². The standard InChI is InChI=1S/C21H25ClN4O2/c1-14-24(2)19-18(20(27)25(14)3)26(12-15-8-10-17(22)11-9-15)21(23-19)28-13-16-6-4-5-7-16/h8-11,16H,1,4-7,12-13H2,2-3H3. The fraction of sp³-hybridized carbons (Fsp3) is 0.429. The molecule has 0 radical (unpaired) electrons. The number of benzene rings is 1. The zero-order chi connectivity index (χ0) is 19.8. The summed E-state index contributed by atoms with van der Waals surface area (Å²) < 4.78 is 8.01. The summed E-state index contributed by atoms with van der Waals surface area (Å²) in [7, 11) is 3.59. The second kappa shape index (κ2) is 7.51. The van der Waals surface area contributed by atoms with E-state index < -0.39 is 0 Å². The van der Waals surface area contributed by atoms with E-state index in [9.17, 15) is 4.79 Å². The monoisotopic (exact) mass is 400 g/mol. The summed E-state index contributed by atoms with van der Waals surface area (Å²) in [5.74, 6) is 1.61. The van der Waals surface area contributed by atoms with Gasteiger partial charge in [-0.25, -0.2) is 0 Å². The molecular formula is C21H25ClN4O2. The maximum absolute atomic E-state index is 13.0. The Bertz CT molecular complexity index is 900. The van der Waals surface area contributed by atoms with E-state index in [1.807, 2.05) is 40.8 Å². The number of aromatic nitrogens is 2. The predicted molar refractivity (Wildman–Crippen MR) is 110 cm³/mol. The fourth-order valence-corrected chi connectivity index (χ4v) is 4.01. The summed E-state index contributed by atoms with van der Waals surface area (Å²) >= 11 is 6.02. The zero-order valence-electron chi connectivity index (χ0n) is 16.3. The number of ether oxygens (including phenoxy) is 1. The van der Waals surface area contributed by atoms with Crippen LogP contribution in [0.3, 0.4) is 0 Å². The highest BCUT2D eigenvalue weighted by Crippen LogP contribution is 2.34. The number of fused-ring (bicyclic) bond motifs is 1. The number of hydrogen-bond donors (Lipinski definition) is 0. The van der Waals surface area contributed by atoms with Gasteiger partial charge < -0.3 is 9.64 Å². The lowest BCUT2D eigenvalue weighted by molar-refractivity contribution is 0.0814. The van der Waals surface area contributed by atoms with Gasteiger partial charge in [0.2, 0.25) is 0 Å². The predicted octanol–water partition coefficient (Wildman–Crippen LogP) is 4.15. The molecular weight excluding hydrogens is 376 g/mol. The second-order valence-electron chi connectivity index (χ2n) is 7.58. The van der Waals surface area contributed by atoms with E-state index in [1.54, 1.807) is 11.9 Å². The average Bonchev–Trinajstić information content (AvgIpc) is 3.33. The molecule has 0 N–H and O–H groups in total. The van der Waals surface area contributed by atoms with Crippen molar-refractivity contribution >= 4 is 23.3 Å². The molecule has 2 aromatic rings. The van der Waals surface area contributed by atoms with E-state index in [0.717, 1.165) is 5.56 Å². The highest BCUT2D eigenvalue weighted by molar-refractivity contribution is 6.30. The number of halogens is 1. The van der Waals surface area contributed by atoms with Crippen LogP contribution in [0.25, 0.3) is 0 Å². The van der Waals surface area contributed by atoms with Crippen LogP contribution in [0.2, 0.25) is 5.02 Å². The lowest BCUT2D eigenvalue weighted by Crippen LogP contribution is -2.41. The number of anilines is 1. The quantitative estimate of drug-likeness (QED) is 0.756. The Balaban J connectivity index is 1.71. The topological polar surface area (TPSA) is 50.6 Å². The average molecular weight is 401 g/mol. The maximum atomic E-state index is 13.0. The van der Waals surface area contributed by atoms with Crippen molar-refractivity contribution in [2.24, 2.45) is 5.92 Å². The van der Waals surface area contributed by atoms with Gasteiger partial charge in [-0.3, -0.25) is 14.3 Å². The summed E-state index contributed by atoms with van der Waals surface area (Å²) in [6, 6.07) is 8.09. The van der Waals surface area contributed by atoms with Crippen LogP contribution < -0.4 is 9.64 Å². The molecule has 1 aliphatic heterocycles. The minimum atomic E-state index is -0.129. The van der Waals surface area contributed by atoms with Crippen LogP contribution >= 0.6 is 11.6 Å². The molecule has 0 atom stereocenters. The molecule has 0 spiro atoms. The zero-order valence-corrected chi connectivity index (χ0v) is 17.1. The molecule has 1 fully saturated rings. The van der Waals surface area contributed by atoms with Crippen molar-refractivity contribution in [1.29, 1.82) is 0 Å². The molecule has 2 heterocycles. The highest BCUT2D eigenvalue weighted by atomic mass is 35.5. The molecule has 1 aromatic heterocycles. The van der Waals surface area contributed by atoms with Crippen LogP contribution in [-0.2, 0) is 6.54 Å². The Morgan fingerprint density at radius 2 is 1.86 bits per heavy atom. The van der Waals surface area contributed by atoms with Crippen LogP contribution in [0.1, 0.15) is 41.7 Å². The SMILES string of the molecule is C=C1N(C)C(=O)c2c(nc(OCC3CCCC3)n2Cc2ccc(Cl)cc2)N1C. The van der Waals surface area contributed by atoms with E-state index in [1.165, 1.54) is 25.7 Å². The van der Waals surface area contributed by atoms with E-state index in [0.29, 0.717) is 47.4 Å². The molecule has 1 aliphatic carbocycles. The van der Waals surface area contributed by atoms with E-state index >= 15 is 0 Å². The van der Waals surface area contributed by atoms with E-state index in [-0.39, 0.29) is 5.91 Å². The Labute approximate surface area is 170 Å². The van der Waals surface area contributed by atoms with Crippen molar-refractivity contribution in [2.75, 3.05) is 25.6 Å². The molecule has 6 nitrogen and oxygen atoms in total. The van der Waals surface area contributed by atoms with Gasteiger partial charge in [0.05, 0.1) is 13.2 Å². The van der Waals surface area contributed by atoms with E-state index in [2.05, 4.69) is 11.6 Å². The molecule has 0 unspecified atom stereocenters. The van der Waals surface area contributed by atoms with Gasteiger partial charge in [0.1, 0.15) is 5.82 Å². The molecule has 4 rings (SSSR count). The molecule has 2 aliphatic rings. The fourth-order valence-electron chi connectivity index (χ4n) is 3.89. The first-order valence-corrected chi connectivity index (χ1v) is 10.0.